The molecule has 0 spiro atoms. The zero-order chi connectivity index (χ0) is 17.6. The van der Waals surface area contributed by atoms with Gasteiger partial charge in [0, 0.05) is 12.4 Å². The Kier molecular flexibility index (Phi) is 5.18. The van der Waals surface area contributed by atoms with E-state index in [1.54, 1.807) is 36.1 Å². The van der Waals surface area contributed by atoms with Crippen molar-refractivity contribution in [3.8, 4) is 5.69 Å². The molecule has 5 nitrogen and oxygen atoms in total. The Bertz CT molecular complexity index is 845. The molecule has 128 valence electrons. The van der Waals surface area contributed by atoms with Gasteiger partial charge in [-0.05, 0) is 61.7 Å². The largest absolute Gasteiger partial charge is 0.462 e. The summed E-state index contributed by atoms with van der Waals surface area (Å²) in [5.41, 5.74) is 2.92. The predicted molar refractivity (Wildman–Crippen MR) is 91.1 cm³/mol. The first-order valence-electron chi connectivity index (χ1n) is 8.02. The average Bonchev–Trinajstić information content (AvgIpc) is 3.02. The minimum Gasteiger partial charge on any atom is -0.462 e. The first kappa shape index (κ1) is 16.8. The normalized spacial score (nSPS) is 10.6. The van der Waals surface area contributed by atoms with Gasteiger partial charge in [-0.3, -0.25) is 4.98 Å². The number of hydrogen-bond donors (Lipinski definition) is 0. The molecule has 0 bridgehead atoms. The van der Waals surface area contributed by atoms with Crippen LogP contribution in [0.4, 0.5) is 4.39 Å². The number of benzene rings is 1. The van der Waals surface area contributed by atoms with Crippen molar-refractivity contribution in [1.82, 2.24) is 14.8 Å². The van der Waals surface area contributed by atoms with Crippen molar-refractivity contribution < 1.29 is 13.9 Å². The lowest BCUT2D eigenvalue weighted by molar-refractivity contribution is 0.0499. The molecule has 6 heteroatoms. The third-order valence-electron chi connectivity index (χ3n) is 3.89. The molecule has 0 amide bonds. The van der Waals surface area contributed by atoms with Crippen molar-refractivity contribution in [2.45, 2.75) is 19.8 Å². The summed E-state index contributed by atoms with van der Waals surface area (Å²) in [5, 5.41) is 4.20. The van der Waals surface area contributed by atoms with Crippen LogP contribution in [0.15, 0.2) is 55.0 Å². The molecule has 25 heavy (non-hydrogen) atoms. The third kappa shape index (κ3) is 4.09. The Balaban J connectivity index is 1.58. The Morgan fingerprint density at radius 2 is 1.88 bits per heavy atom. The molecule has 2 heterocycles. The Morgan fingerprint density at radius 1 is 1.16 bits per heavy atom. The molecular weight excluding hydrogens is 321 g/mol. The van der Waals surface area contributed by atoms with E-state index in [4.69, 9.17) is 4.74 Å². The third-order valence-corrected chi connectivity index (χ3v) is 3.89. The van der Waals surface area contributed by atoms with Crippen molar-refractivity contribution >= 4 is 5.97 Å². The van der Waals surface area contributed by atoms with Gasteiger partial charge in [0.1, 0.15) is 11.4 Å². The van der Waals surface area contributed by atoms with Gasteiger partial charge in [-0.15, -0.1) is 0 Å². The molecule has 0 aliphatic rings. The van der Waals surface area contributed by atoms with Crippen LogP contribution in [0.5, 0.6) is 0 Å². The summed E-state index contributed by atoms with van der Waals surface area (Å²) in [7, 11) is 0. The van der Waals surface area contributed by atoms with Crippen molar-refractivity contribution in [2.24, 2.45) is 0 Å². The smallest absolute Gasteiger partial charge is 0.341 e. The van der Waals surface area contributed by atoms with Gasteiger partial charge in [0.15, 0.2) is 0 Å². The van der Waals surface area contributed by atoms with E-state index in [9.17, 15) is 9.18 Å². The highest BCUT2D eigenvalue weighted by Crippen LogP contribution is 2.15. The highest BCUT2D eigenvalue weighted by molar-refractivity contribution is 5.90. The summed E-state index contributed by atoms with van der Waals surface area (Å²) in [5.74, 6) is -0.719. The number of carbonyl (C=O) groups is 1. The molecule has 0 saturated heterocycles. The second-order valence-corrected chi connectivity index (χ2v) is 5.63. The molecule has 0 radical (unpaired) electrons. The van der Waals surface area contributed by atoms with Crippen molar-refractivity contribution in [3.63, 3.8) is 0 Å². The minimum absolute atomic E-state index is 0.317. The zero-order valence-corrected chi connectivity index (χ0v) is 13.9. The zero-order valence-electron chi connectivity index (χ0n) is 13.9. The van der Waals surface area contributed by atoms with E-state index < -0.39 is 5.97 Å². The fourth-order valence-electron chi connectivity index (χ4n) is 2.52. The maximum Gasteiger partial charge on any atom is 0.341 e. The van der Waals surface area contributed by atoms with Gasteiger partial charge in [0.2, 0.25) is 0 Å². The van der Waals surface area contributed by atoms with Gasteiger partial charge in [0.05, 0.1) is 24.2 Å². The molecule has 3 aromatic rings. The van der Waals surface area contributed by atoms with E-state index in [0.29, 0.717) is 23.6 Å². The van der Waals surface area contributed by atoms with Crippen LogP contribution in [-0.2, 0) is 11.2 Å². The van der Waals surface area contributed by atoms with Crippen molar-refractivity contribution in [1.29, 1.82) is 0 Å². The Labute approximate surface area is 145 Å². The summed E-state index contributed by atoms with van der Waals surface area (Å²) >= 11 is 0. The summed E-state index contributed by atoms with van der Waals surface area (Å²) in [4.78, 5) is 16.2. The van der Waals surface area contributed by atoms with E-state index in [1.807, 2.05) is 12.1 Å². The SMILES string of the molecule is Cc1c(C(=O)OCCCc2ccncc2)cnn1-c1ccc(F)cc1. The average molecular weight is 339 g/mol. The second kappa shape index (κ2) is 7.70. The Morgan fingerprint density at radius 3 is 2.60 bits per heavy atom. The summed E-state index contributed by atoms with van der Waals surface area (Å²) in [6.07, 6.45) is 6.53. The van der Waals surface area contributed by atoms with E-state index in [0.717, 1.165) is 18.4 Å². The van der Waals surface area contributed by atoms with E-state index in [1.165, 1.54) is 18.3 Å². The maximum absolute atomic E-state index is 13.0. The first-order valence-corrected chi connectivity index (χ1v) is 8.02. The number of carbonyl (C=O) groups excluding carboxylic acids is 1. The first-order chi connectivity index (χ1) is 12.1. The molecule has 0 atom stereocenters. The summed E-state index contributed by atoms with van der Waals surface area (Å²) < 4.78 is 19.9. The number of pyridine rings is 1. The molecule has 0 fully saturated rings. The van der Waals surface area contributed by atoms with Gasteiger partial charge in [0.25, 0.3) is 0 Å². The van der Waals surface area contributed by atoms with Crippen LogP contribution in [0.2, 0.25) is 0 Å². The lowest BCUT2D eigenvalue weighted by Gasteiger charge is -2.06. The van der Waals surface area contributed by atoms with Crippen LogP contribution in [0.1, 0.15) is 28.0 Å². The van der Waals surface area contributed by atoms with Gasteiger partial charge in [-0.1, -0.05) is 0 Å². The molecule has 0 aliphatic heterocycles. The number of halogens is 1. The lowest BCUT2D eigenvalue weighted by atomic mass is 10.1. The van der Waals surface area contributed by atoms with Crippen LogP contribution in [0.3, 0.4) is 0 Å². The molecular formula is C19H18FN3O2. The quantitative estimate of drug-likeness (QED) is 0.509. The van der Waals surface area contributed by atoms with Crippen molar-refractivity contribution in [2.75, 3.05) is 6.61 Å². The molecule has 0 saturated carbocycles. The van der Waals surface area contributed by atoms with E-state index in [2.05, 4.69) is 10.1 Å². The van der Waals surface area contributed by atoms with Crippen LogP contribution in [0.25, 0.3) is 5.69 Å². The van der Waals surface area contributed by atoms with Crippen LogP contribution < -0.4 is 0 Å². The highest BCUT2D eigenvalue weighted by Gasteiger charge is 2.16. The molecule has 3 rings (SSSR count). The molecule has 2 aromatic heterocycles. The molecule has 1 aromatic carbocycles. The standard InChI is InChI=1S/C19H18FN3O2/c1-14-18(13-22-23(14)17-6-4-16(20)5-7-17)19(24)25-12-2-3-15-8-10-21-11-9-15/h4-11,13H,2-3,12H2,1H3. The fourth-order valence-corrected chi connectivity index (χ4v) is 2.52. The molecule has 0 N–H and O–H groups in total. The van der Waals surface area contributed by atoms with Gasteiger partial charge in [-0.25, -0.2) is 13.9 Å². The summed E-state index contributed by atoms with van der Waals surface area (Å²) in [6.45, 7) is 2.12. The van der Waals surface area contributed by atoms with Crippen molar-refractivity contribution in [3.05, 3.63) is 77.6 Å². The number of aryl methyl sites for hydroxylation is 1. The van der Waals surface area contributed by atoms with E-state index >= 15 is 0 Å². The number of esters is 1. The number of nitrogens with zero attached hydrogens (tertiary/aromatic N) is 3. The number of rotatable bonds is 6. The molecule has 0 aliphatic carbocycles. The minimum atomic E-state index is -0.402. The monoisotopic (exact) mass is 339 g/mol. The van der Waals surface area contributed by atoms with Gasteiger partial charge >= 0.3 is 5.97 Å². The number of aromatic nitrogens is 3. The molecule has 0 unspecified atom stereocenters. The highest BCUT2D eigenvalue weighted by atomic mass is 19.1. The fraction of sp³-hybridized carbons (Fsp3) is 0.211. The van der Waals surface area contributed by atoms with Crippen LogP contribution in [0, 0.1) is 12.7 Å². The van der Waals surface area contributed by atoms with E-state index in [-0.39, 0.29) is 5.82 Å². The lowest BCUT2D eigenvalue weighted by Crippen LogP contribution is -2.09. The predicted octanol–water partition coefficient (Wildman–Crippen LogP) is 3.50. The van der Waals surface area contributed by atoms with Crippen LogP contribution in [-0.4, -0.2) is 27.3 Å². The maximum atomic E-state index is 13.0. The van der Waals surface area contributed by atoms with Gasteiger partial charge in [-0.2, -0.15) is 5.10 Å². The second-order valence-electron chi connectivity index (χ2n) is 5.63. The van der Waals surface area contributed by atoms with Gasteiger partial charge < -0.3 is 4.74 Å². The number of ether oxygens (including phenoxy) is 1. The topological polar surface area (TPSA) is 57.0 Å². The summed E-state index contributed by atoms with van der Waals surface area (Å²) in [6, 6.07) is 9.82. The Hall–Kier alpha value is -3.02. The van der Waals surface area contributed by atoms with Crippen LogP contribution >= 0.6 is 0 Å². The number of hydrogen-bond acceptors (Lipinski definition) is 4.